The molecule has 0 aliphatic heterocycles. The van der Waals surface area contributed by atoms with Gasteiger partial charge in [-0.15, -0.1) is 0 Å². The minimum Gasteiger partial charge on any atom is -0.477 e. The van der Waals surface area contributed by atoms with E-state index in [0.717, 1.165) is 5.56 Å². The first-order chi connectivity index (χ1) is 9.47. The summed E-state index contributed by atoms with van der Waals surface area (Å²) >= 11 is 3.34. The predicted molar refractivity (Wildman–Crippen MR) is 78.0 cm³/mol. The minimum atomic E-state index is -1.11. The highest BCUT2D eigenvalue weighted by molar-refractivity contribution is 9.10. The zero-order valence-electron chi connectivity index (χ0n) is 10.6. The molecule has 0 bridgehead atoms. The van der Waals surface area contributed by atoms with Gasteiger partial charge < -0.3 is 10.4 Å². The molecule has 0 radical (unpaired) electrons. The van der Waals surface area contributed by atoms with Crippen LogP contribution in [0.4, 0.5) is 5.69 Å². The Morgan fingerprint density at radius 1 is 1.25 bits per heavy atom. The van der Waals surface area contributed by atoms with E-state index in [1.165, 1.54) is 18.3 Å². The van der Waals surface area contributed by atoms with Gasteiger partial charge >= 0.3 is 5.97 Å². The first-order valence-electron chi connectivity index (χ1n) is 5.74. The molecule has 20 heavy (non-hydrogen) atoms. The summed E-state index contributed by atoms with van der Waals surface area (Å²) in [5.74, 6) is -1.40. The third-order valence-corrected chi connectivity index (χ3v) is 3.27. The van der Waals surface area contributed by atoms with Crippen molar-refractivity contribution in [2.45, 2.75) is 6.92 Å². The van der Waals surface area contributed by atoms with Crippen molar-refractivity contribution in [1.29, 1.82) is 0 Å². The maximum absolute atomic E-state index is 12.1. The Bertz CT molecular complexity index is 669. The molecular weight excluding hydrogens is 324 g/mol. The number of anilines is 1. The van der Waals surface area contributed by atoms with Crippen LogP contribution < -0.4 is 5.32 Å². The van der Waals surface area contributed by atoms with Crippen molar-refractivity contribution in [3.63, 3.8) is 0 Å². The molecule has 0 unspecified atom stereocenters. The van der Waals surface area contributed by atoms with Crippen LogP contribution in [0.1, 0.15) is 26.4 Å². The third-order valence-electron chi connectivity index (χ3n) is 2.61. The average Bonchev–Trinajstić information content (AvgIpc) is 2.39. The highest BCUT2D eigenvalue weighted by atomic mass is 79.9. The fourth-order valence-electron chi connectivity index (χ4n) is 1.60. The SMILES string of the molecule is Cc1ccc(C(=O)Nc2ccc(C(=O)O)nc2)c(Br)c1. The van der Waals surface area contributed by atoms with Gasteiger partial charge in [-0.25, -0.2) is 9.78 Å². The number of carboxylic acid groups (broad SMARTS) is 1. The number of hydrogen-bond acceptors (Lipinski definition) is 3. The van der Waals surface area contributed by atoms with Crippen LogP contribution in [-0.4, -0.2) is 22.0 Å². The molecule has 5 nitrogen and oxygen atoms in total. The van der Waals surface area contributed by atoms with Crippen molar-refractivity contribution in [3.05, 3.63) is 57.8 Å². The fourth-order valence-corrected chi connectivity index (χ4v) is 2.27. The Morgan fingerprint density at radius 3 is 2.55 bits per heavy atom. The van der Waals surface area contributed by atoms with E-state index >= 15 is 0 Å². The van der Waals surface area contributed by atoms with Crippen molar-refractivity contribution in [3.8, 4) is 0 Å². The summed E-state index contributed by atoms with van der Waals surface area (Å²) in [7, 11) is 0. The van der Waals surface area contributed by atoms with E-state index in [9.17, 15) is 9.59 Å². The van der Waals surface area contributed by atoms with Crippen molar-refractivity contribution in [2.75, 3.05) is 5.32 Å². The number of rotatable bonds is 3. The van der Waals surface area contributed by atoms with Gasteiger partial charge in [-0.1, -0.05) is 6.07 Å². The van der Waals surface area contributed by atoms with Gasteiger partial charge in [-0.05, 0) is 52.7 Å². The van der Waals surface area contributed by atoms with E-state index in [4.69, 9.17) is 5.11 Å². The molecule has 1 aromatic carbocycles. The number of nitrogens with one attached hydrogen (secondary N) is 1. The smallest absolute Gasteiger partial charge is 0.354 e. The molecule has 0 aliphatic carbocycles. The van der Waals surface area contributed by atoms with E-state index in [0.29, 0.717) is 15.7 Å². The van der Waals surface area contributed by atoms with Crippen LogP contribution >= 0.6 is 15.9 Å². The van der Waals surface area contributed by atoms with Crippen LogP contribution in [0.5, 0.6) is 0 Å². The van der Waals surface area contributed by atoms with E-state index in [-0.39, 0.29) is 11.6 Å². The maximum atomic E-state index is 12.1. The van der Waals surface area contributed by atoms with Gasteiger partial charge in [0.15, 0.2) is 0 Å². The van der Waals surface area contributed by atoms with Crippen LogP contribution in [-0.2, 0) is 0 Å². The predicted octanol–water partition coefficient (Wildman–Crippen LogP) is 3.10. The highest BCUT2D eigenvalue weighted by Crippen LogP contribution is 2.19. The lowest BCUT2D eigenvalue weighted by atomic mass is 10.1. The number of aromatic nitrogens is 1. The number of nitrogens with zero attached hydrogens (tertiary/aromatic N) is 1. The lowest BCUT2D eigenvalue weighted by molar-refractivity contribution is 0.0690. The quantitative estimate of drug-likeness (QED) is 0.903. The van der Waals surface area contributed by atoms with Crippen molar-refractivity contribution in [1.82, 2.24) is 4.98 Å². The van der Waals surface area contributed by atoms with Gasteiger partial charge in [0.05, 0.1) is 17.4 Å². The molecule has 2 aromatic rings. The summed E-state index contributed by atoms with van der Waals surface area (Å²) in [6.45, 7) is 1.93. The molecule has 6 heteroatoms. The molecule has 1 heterocycles. The molecule has 0 aliphatic rings. The van der Waals surface area contributed by atoms with E-state index < -0.39 is 5.97 Å². The van der Waals surface area contributed by atoms with E-state index in [1.807, 2.05) is 19.1 Å². The Balaban J connectivity index is 2.17. The number of amides is 1. The summed E-state index contributed by atoms with van der Waals surface area (Å²) in [4.78, 5) is 26.5. The molecular formula is C14H11BrN2O3. The molecule has 0 spiro atoms. The van der Waals surface area contributed by atoms with Gasteiger partial charge in [0.1, 0.15) is 5.69 Å². The largest absolute Gasteiger partial charge is 0.477 e. The van der Waals surface area contributed by atoms with Gasteiger partial charge in [-0.3, -0.25) is 4.79 Å². The lowest BCUT2D eigenvalue weighted by Crippen LogP contribution is -2.13. The van der Waals surface area contributed by atoms with E-state index in [1.54, 1.807) is 6.07 Å². The second-order valence-electron chi connectivity index (χ2n) is 4.17. The molecule has 0 saturated heterocycles. The molecule has 0 fully saturated rings. The molecule has 2 rings (SSSR count). The summed E-state index contributed by atoms with van der Waals surface area (Å²) < 4.78 is 0.699. The Kier molecular flexibility index (Phi) is 4.14. The monoisotopic (exact) mass is 334 g/mol. The number of aromatic carboxylic acids is 1. The average molecular weight is 335 g/mol. The highest BCUT2D eigenvalue weighted by Gasteiger charge is 2.11. The number of carboxylic acids is 1. The van der Waals surface area contributed by atoms with Crippen LogP contribution in [0.2, 0.25) is 0 Å². The number of benzene rings is 1. The number of halogens is 1. The summed E-state index contributed by atoms with van der Waals surface area (Å²) in [6, 6.07) is 8.23. The Labute approximate surface area is 123 Å². The zero-order valence-corrected chi connectivity index (χ0v) is 12.1. The molecule has 102 valence electrons. The number of carbonyl (C=O) groups excluding carboxylic acids is 1. The summed E-state index contributed by atoms with van der Waals surface area (Å²) in [5, 5.41) is 11.4. The Hall–Kier alpha value is -2.21. The van der Waals surface area contributed by atoms with Crippen molar-refractivity contribution in [2.24, 2.45) is 0 Å². The van der Waals surface area contributed by atoms with Gasteiger partial charge in [0.25, 0.3) is 5.91 Å². The van der Waals surface area contributed by atoms with Crippen LogP contribution in [0.3, 0.4) is 0 Å². The lowest BCUT2D eigenvalue weighted by Gasteiger charge is -2.07. The number of carbonyl (C=O) groups is 2. The topological polar surface area (TPSA) is 79.3 Å². The Morgan fingerprint density at radius 2 is 2.00 bits per heavy atom. The second-order valence-corrected chi connectivity index (χ2v) is 5.03. The zero-order chi connectivity index (χ0) is 14.7. The standard InChI is InChI=1S/C14H11BrN2O3/c1-8-2-4-10(11(15)6-8)13(18)17-9-3-5-12(14(19)20)16-7-9/h2-7H,1H3,(H,17,18)(H,19,20). The second kappa shape index (κ2) is 5.83. The normalized spacial score (nSPS) is 10.1. The molecule has 1 amide bonds. The van der Waals surface area contributed by atoms with Crippen molar-refractivity contribution < 1.29 is 14.7 Å². The first kappa shape index (κ1) is 14.2. The third kappa shape index (κ3) is 3.21. The number of pyridine rings is 1. The van der Waals surface area contributed by atoms with E-state index in [2.05, 4.69) is 26.2 Å². The number of aryl methyl sites for hydroxylation is 1. The summed E-state index contributed by atoms with van der Waals surface area (Å²) in [6.07, 6.45) is 1.31. The molecule has 1 aromatic heterocycles. The summed E-state index contributed by atoms with van der Waals surface area (Å²) in [5.41, 5.74) is 1.91. The van der Waals surface area contributed by atoms with Crippen LogP contribution in [0, 0.1) is 6.92 Å². The van der Waals surface area contributed by atoms with Gasteiger partial charge in [0, 0.05) is 4.47 Å². The first-order valence-corrected chi connectivity index (χ1v) is 6.53. The van der Waals surface area contributed by atoms with Crippen LogP contribution in [0.15, 0.2) is 41.0 Å². The number of hydrogen-bond donors (Lipinski definition) is 2. The molecule has 0 atom stereocenters. The molecule has 0 saturated carbocycles. The van der Waals surface area contributed by atoms with Gasteiger partial charge in [-0.2, -0.15) is 0 Å². The molecule has 2 N–H and O–H groups in total. The van der Waals surface area contributed by atoms with Crippen LogP contribution in [0.25, 0.3) is 0 Å². The van der Waals surface area contributed by atoms with Gasteiger partial charge in [0.2, 0.25) is 0 Å². The minimum absolute atomic E-state index is 0.0699. The maximum Gasteiger partial charge on any atom is 0.354 e. The fraction of sp³-hybridized carbons (Fsp3) is 0.0714. The van der Waals surface area contributed by atoms with Crippen molar-refractivity contribution >= 4 is 33.5 Å².